The van der Waals surface area contributed by atoms with E-state index in [-0.39, 0.29) is 6.61 Å². The van der Waals surface area contributed by atoms with Crippen LogP contribution in [0.3, 0.4) is 0 Å². The lowest BCUT2D eigenvalue weighted by Crippen LogP contribution is -2.14. The molecule has 0 atom stereocenters. The Kier molecular flexibility index (Phi) is 5.44. The van der Waals surface area contributed by atoms with Crippen LogP contribution in [0.4, 0.5) is 0 Å². The summed E-state index contributed by atoms with van der Waals surface area (Å²) >= 11 is 1.57. The van der Waals surface area contributed by atoms with Crippen molar-refractivity contribution in [2.45, 2.75) is 27.0 Å². The number of hydrogen-bond donors (Lipinski definition) is 1. The third kappa shape index (κ3) is 4.55. The molecule has 7 nitrogen and oxygen atoms in total. The normalized spacial score (nSPS) is 11.7. The summed E-state index contributed by atoms with van der Waals surface area (Å²) in [5.74, 6) is 0.884. The van der Waals surface area contributed by atoms with Gasteiger partial charge in [0.1, 0.15) is 12.0 Å². The van der Waals surface area contributed by atoms with E-state index in [4.69, 9.17) is 15.0 Å². The van der Waals surface area contributed by atoms with Crippen molar-refractivity contribution < 1.29 is 9.25 Å². The van der Waals surface area contributed by atoms with Crippen molar-refractivity contribution in [1.29, 1.82) is 0 Å². The first-order valence-corrected chi connectivity index (χ1v) is 10.0. The average molecular weight is 407 g/mol. The second-order valence-electron chi connectivity index (χ2n) is 6.66. The molecule has 0 radical (unpaired) electrons. The molecule has 4 aromatic rings. The van der Waals surface area contributed by atoms with Crippen molar-refractivity contribution in [2.75, 3.05) is 0 Å². The van der Waals surface area contributed by atoms with Crippen LogP contribution in [0, 0.1) is 13.8 Å². The first-order chi connectivity index (χ1) is 14.1. The van der Waals surface area contributed by atoms with Gasteiger partial charge in [0.2, 0.25) is 5.89 Å². The van der Waals surface area contributed by atoms with E-state index in [1.54, 1.807) is 17.6 Å². The lowest BCUT2D eigenvalue weighted by atomic mass is 10.1. The minimum absolute atomic E-state index is 0.182. The SMILES string of the molecule is Cc1cc(C)n(Cc2cccc(/C(N)=N/OCc3coc(-c4cccs4)n3)c2)n1. The number of oxime groups is 1. The molecule has 3 aromatic heterocycles. The quantitative estimate of drug-likeness (QED) is 0.283. The summed E-state index contributed by atoms with van der Waals surface area (Å²) in [5.41, 5.74) is 10.8. The van der Waals surface area contributed by atoms with Gasteiger partial charge in [-0.05, 0) is 43.0 Å². The molecule has 0 saturated carbocycles. The van der Waals surface area contributed by atoms with E-state index >= 15 is 0 Å². The topological polar surface area (TPSA) is 91.5 Å². The molecule has 0 aliphatic heterocycles. The van der Waals surface area contributed by atoms with Gasteiger partial charge in [-0.2, -0.15) is 5.10 Å². The Morgan fingerprint density at radius 2 is 2.14 bits per heavy atom. The number of thiophene rings is 1. The molecule has 29 heavy (non-hydrogen) atoms. The van der Waals surface area contributed by atoms with E-state index in [1.165, 1.54) is 0 Å². The van der Waals surface area contributed by atoms with Crippen LogP contribution in [0.15, 0.2) is 63.7 Å². The van der Waals surface area contributed by atoms with Gasteiger partial charge >= 0.3 is 0 Å². The Labute approximate surface area is 172 Å². The summed E-state index contributed by atoms with van der Waals surface area (Å²) in [6, 6.07) is 13.8. The van der Waals surface area contributed by atoms with Crippen LogP contribution in [-0.2, 0) is 18.0 Å². The van der Waals surface area contributed by atoms with Crippen molar-refractivity contribution >= 4 is 17.2 Å². The monoisotopic (exact) mass is 407 g/mol. The van der Waals surface area contributed by atoms with Crippen molar-refractivity contribution in [3.05, 3.63) is 82.3 Å². The Balaban J connectivity index is 1.39. The molecule has 0 aliphatic rings. The van der Waals surface area contributed by atoms with Gasteiger partial charge in [0.05, 0.1) is 17.1 Å². The van der Waals surface area contributed by atoms with Crippen LogP contribution in [0.1, 0.15) is 28.2 Å². The van der Waals surface area contributed by atoms with Crippen LogP contribution in [-0.4, -0.2) is 20.6 Å². The molecule has 4 rings (SSSR count). The van der Waals surface area contributed by atoms with Crippen molar-refractivity contribution in [1.82, 2.24) is 14.8 Å². The fourth-order valence-electron chi connectivity index (χ4n) is 2.94. The van der Waals surface area contributed by atoms with E-state index in [9.17, 15) is 0 Å². The number of oxazole rings is 1. The zero-order chi connectivity index (χ0) is 20.2. The average Bonchev–Trinajstić information content (AvgIpc) is 3.44. The molecule has 1 aromatic carbocycles. The second kappa shape index (κ2) is 8.32. The van der Waals surface area contributed by atoms with E-state index in [0.717, 1.165) is 27.4 Å². The number of rotatable bonds is 7. The number of benzene rings is 1. The number of amidine groups is 1. The predicted octanol–water partition coefficient (Wildman–Crippen LogP) is 4.10. The largest absolute Gasteiger partial charge is 0.443 e. The Morgan fingerprint density at radius 3 is 2.90 bits per heavy atom. The number of hydrogen-bond acceptors (Lipinski definition) is 6. The van der Waals surface area contributed by atoms with E-state index in [1.807, 2.05) is 60.3 Å². The third-order valence-electron chi connectivity index (χ3n) is 4.32. The molecule has 3 heterocycles. The summed E-state index contributed by atoms with van der Waals surface area (Å²) in [7, 11) is 0. The summed E-state index contributed by atoms with van der Waals surface area (Å²) in [6.07, 6.45) is 1.57. The zero-order valence-corrected chi connectivity index (χ0v) is 17.0. The van der Waals surface area contributed by atoms with Crippen LogP contribution < -0.4 is 5.73 Å². The maximum absolute atomic E-state index is 6.10. The molecule has 0 unspecified atom stereocenters. The van der Waals surface area contributed by atoms with Gasteiger partial charge in [0.15, 0.2) is 12.4 Å². The highest BCUT2D eigenvalue weighted by molar-refractivity contribution is 7.13. The second-order valence-corrected chi connectivity index (χ2v) is 7.60. The highest BCUT2D eigenvalue weighted by atomic mass is 32.1. The number of nitrogens with zero attached hydrogens (tertiary/aromatic N) is 4. The predicted molar refractivity (Wildman–Crippen MR) is 113 cm³/mol. The maximum Gasteiger partial charge on any atom is 0.236 e. The van der Waals surface area contributed by atoms with Crippen LogP contribution in [0.2, 0.25) is 0 Å². The molecule has 0 fully saturated rings. The summed E-state index contributed by atoms with van der Waals surface area (Å²) in [4.78, 5) is 10.7. The smallest absolute Gasteiger partial charge is 0.236 e. The first kappa shape index (κ1) is 18.9. The lowest BCUT2D eigenvalue weighted by molar-refractivity contribution is 0.127. The molecule has 0 bridgehead atoms. The van der Waals surface area contributed by atoms with Gasteiger partial charge in [0, 0.05) is 11.3 Å². The Hall–Kier alpha value is -3.39. The Bertz CT molecular complexity index is 1130. The molecule has 8 heteroatoms. The Morgan fingerprint density at radius 1 is 1.24 bits per heavy atom. The van der Waals surface area contributed by atoms with Crippen LogP contribution in [0.25, 0.3) is 10.8 Å². The van der Waals surface area contributed by atoms with Gasteiger partial charge in [-0.1, -0.05) is 29.4 Å². The van der Waals surface area contributed by atoms with Crippen molar-refractivity contribution in [3.8, 4) is 10.8 Å². The molecule has 0 spiro atoms. The fraction of sp³-hybridized carbons (Fsp3) is 0.190. The van der Waals surface area contributed by atoms with Gasteiger partial charge in [-0.15, -0.1) is 11.3 Å². The zero-order valence-electron chi connectivity index (χ0n) is 16.2. The van der Waals surface area contributed by atoms with Crippen LogP contribution in [0.5, 0.6) is 0 Å². The first-order valence-electron chi connectivity index (χ1n) is 9.12. The number of nitrogens with two attached hydrogens (primary N) is 1. The van der Waals surface area contributed by atoms with Gasteiger partial charge < -0.3 is 15.0 Å². The number of aromatic nitrogens is 3. The van der Waals surface area contributed by atoms with Gasteiger partial charge in [-0.25, -0.2) is 4.98 Å². The molecule has 2 N–H and O–H groups in total. The lowest BCUT2D eigenvalue weighted by Gasteiger charge is -2.07. The summed E-state index contributed by atoms with van der Waals surface area (Å²) in [5, 5.41) is 10.5. The molecular formula is C21H21N5O2S. The molecule has 0 amide bonds. The molecule has 0 aliphatic carbocycles. The third-order valence-corrected chi connectivity index (χ3v) is 5.18. The molecule has 148 valence electrons. The summed E-state index contributed by atoms with van der Waals surface area (Å²) < 4.78 is 7.43. The van der Waals surface area contributed by atoms with Gasteiger partial charge in [-0.3, -0.25) is 4.68 Å². The number of aryl methyl sites for hydroxylation is 2. The fourth-order valence-corrected chi connectivity index (χ4v) is 3.60. The van der Waals surface area contributed by atoms with Crippen LogP contribution >= 0.6 is 11.3 Å². The molecule has 0 saturated heterocycles. The van der Waals surface area contributed by atoms with E-state index in [2.05, 4.69) is 21.3 Å². The highest BCUT2D eigenvalue weighted by Crippen LogP contribution is 2.23. The molecular weight excluding hydrogens is 386 g/mol. The maximum atomic E-state index is 6.10. The van der Waals surface area contributed by atoms with E-state index in [0.29, 0.717) is 24.0 Å². The van der Waals surface area contributed by atoms with Crippen molar-refractivity contribution in [3.63, 3.8) is 0 Å². The van der Waals surface area contributed by atoms with E-state index < -0.39 is 0 Å². The minimum atomic E-state index is 0.182. The highest BCUT2D eigenvalue weighted by Gasteiger charge is 2.08. The van der Waals surface area contributed by atoms with Gasteiger partial charge in [0.25, 0.3) is 0 Å². The van der Waals surface area contributed by atoms with Crippen molar-refractivity contribution in [2.24, 2.45) is 10.9 Å². The minimum Gasteiger partial charge on any atom is -0.443 e. The summed E-state index contributed by atoms with van der Waals surface area (Å²) in [6.45, 7) is 4.88. The standard InChI is InChI=1S/C21H21N5O2S/c1-14-9-15(2)26(24-14)11-16-5-3-6-17(10-16)20(22)25-28-13-18-12-27-21(23-18)19-7-4-8-29-19/h3-10,12H,11,13H2,1-2H3,(H2,22,25).